The van der Waals surface area contributed by atoms with Gasteiger partial charge in [0.15, 0.2) is 0 Å². The predicted molar refractivity (Wildman–Crippen MR) is 96.9 cm³/mol. The minimum Gasteiger partial charge on any atom is -0.491 e. The number of benzene rings is 1. The fourth-order valence-electron chi connectivity index (χ4n) is 2.31. The van der Waals surface area contributed by atoms with E-state index in [1.165, 1.54) is 6.21 Å². The van der Waals surface area contributed by atoms with Crippen molar-refractivity contribution < 1.29 is 9.84 Å². The van der Waals surface area contributed by atoms with Crippen molar-refractivity contribution in [3.8, 4) is 17.0 Å². The second-order valence-electron chi connectivity index (χ2n) is 5.30. The average Bonchev–Trinajstić information content (AvgIpc) is 2.59. The maximum absolute atomic E-state index is 9.71. The molecule has 1 unspecified atom stereocenters. The Labute approximate surface area is 141 Å². The zero-order valence-corrected chi connectivity index (χ0v) is 13.8. The third kappa shape index (κ3) is 4.21. The van der Waals surface area contributed by atoms with Gasteiger partial charge in [0.05, 0.1) is 11.3 Å². The minimum absolute atomic E-state index is 0.203. The van der Waals surface area contributed by atoms with Gasteiger partial charge in [-0.3, -0.25) is 0 Å². The van der Waals surface area contributed by atoms with Gasteiger partial charge in [-0.15, -0.1) is 0 Å². The molecule has 0 saturated heterocycles. The van der Waals surface area contributed by atoms with E-state index in [1.54, 1.807) is 14.1 Å². The Morgan fingerprint density at radius 1 is 1.38 bits per heavy atom. The molecule has 0 aliphatic rings. The van der Waals surface area contributed by atoms with E-state index in [0.29, 0.717) is 29.4 Å². The van der Waals surface area contributed by atoms with Crippen LogP contribution in [0.2, 0.25) is 0 Å². The Balaban J connectivity index is 2.25. The summed E-state index contributed by atoms with van der Waals surface area (Å²) in [6.07, 6.45) is 0.607. The van der Waals surface area contributed by atoms with Crippen LogP contribution in [0.25, 0.3) is 11.3 Å². The molecule has 1 heterocycles. The summed E-state index contributed by atoms with van der Waals surface area (Å²) in [5, 5.41) is 23.1. The number of nitrogens with two attached hydrogens (primary N) is 1. The van der Waals surface area contributed by atoms with Crippen LogP contribution in [0.4, 0.5) is 11.5 Å². The summed E-state index contributed by atoms with van der Waals surface area (Å²) in [7, 11) is 3.55. The van der Waals surface area contributed by atoms with Crippen LogP contribution >= 0.6 is 0 Å². The van der Waals surface area contributed by atoms with E-state index in [-0.39, 0.29) is 6.61 Å². The lowest BCUT2D eigenvalue weighted by atomic mass is 10.1. The number of likely N-dealkylation sites (N-methyl/N-ethyl adjacent to an activating group) is 1. The lowest BCUT2D eigenvalue weighted by molar-refractivity contribution is 0.108. The Morgan fingerprint density at radius 3 is 2.83 bits per heavy atom. The van der Waals surface area contributed by atoms with Crippen LogP contribution in [0.15, 0.2) is 30.3 Å². The second kappa shape index (κ2) is 8.28. The predicted octanol–water partition coefficient (Wildman–Crippen LogP) is 1.33. The summed E-state index contributed by atoms with van der Waals surface area (Å²) in [4.78, 5) is 4.36. The molecule has 0 fully saturated rings. The molecule has 7 nitrogen and oxygen atoms in total. The van der Waals surface area contributed by atoms with Crippen molar-refractivity contribution in [2.75, 3.05) is 38.3 Å². The van der Waals surface area contributed by atoms with Crippen molar-refractivity contribution in [2.45, 2.75) is 6.10 Å². The van der Waals surface area contributed by atoms with E-state index >= 15 is 0 Å². The smallest absolute Gasteiger partial charge is 0.135 e. The number of anilines is 2. The van der Waals surface area contributed by atoms with Gasteiger partial charge in [0.2, 0.25) is 0 Å². The molecule has 1 aromatic heterocycles. The molecule has 7 heteroatoms. The van der Waals surface area contributed by atoms with Gasteiger partial charge in [0.25, 0.3) is 0 Å². The molecule has 0 bridgehead atoms. The van der Waals surface area contributed by atoms with Crippen molar-refractivity contribution in [1.82, 2.24) is 10.3 Å². The third-order valence-corrected chi connectivity index (χ3v) is 3.51. The highest BCUT2D eigenvalue weighted by Gasteiger charge is 2.10. The molecule has 0 aliphatic carbocycles. The molecule has 1 aromatic carbocycles. The maximum Gasteiger partial charge on any atom is 0.135 e. The molecule has 0 amide bonds. The first-order chi connectivity index (χ1) is 11.6. The molecule has 2 rings (SSSR count). The van der Waals surface area contributed by atoms with E-state index in [0.717, 1.165) is 11.3 Å². The number of hydrogen-bond acceptors (Lipinski definition) is 7. The van der Waals surface area contributed by atoms with Crippen LogP contribution in [-0.2, 0) is 0 Å². The number of aliphatic hydroxyl groups is 1. The normalized spacial score (nSPS) is 11.8. The van der Waals surface area contributed by atoms with Gasteiger partial charge in [0.1, 0.15) is 24.3 Å². The van der Waals surface area contributed by atoms with E-state index in [4.69, 9.17) is 15.9 Å². The average molecular weight is 329 g/mol. The summed E-state index contributed by atoms with van der Waals surface area (Å²) in [6, 6.07) is 9.27. The lowest BCUT2D eigenvalue weighted by Crippen LogP contribution is -2.29. The highest BCUT2D eigenvalue weighted by molar-refractivity contribution is 5.93. The fraction of sp³-hybridized carbons (Fsp3) is 0.294. The van der Waals surface area contributed by atoms with Crippen LogP contribution < -0.4 is 21.1 Å². The minimum atomic E-state index is -0.574. The van der Waals surface area contributed by atoms with Gasteiger partial charge >= 0.3 is 0 Å². The summed E-state index contributed by atoms with van der Waals surface area (Å²) < 4.78 is 5.61. The Bertz CT molecular complexity index is 705. The first kappa shape index (κ1) is 17.7. The SMILES string of the molecule is CNCC(O)COc1cccc(-c2cc(NC)c(C=N)c(N)n2)c1. The first-order valence-electron chi connectivity index (χ1n) is 7.63. The number of hydrogen-bond donors (Lipinski definition) is 5. The van der Waals surface area contributed by atoms with Crippen LogP contribution in [0.3, 0.4) is 0 Å². The largest absolute Gasteiger partial charge is 0.491 e. The number of ether oxygens (including phenoxy) is 1. The van der Waals surface area contributed by atoms with Gasteiger partial charge in [-0.05, 0) is 25.2 Å². The third-order valence-electron chi connectivity index (χ3n) is 3.51. The molecule has 2 aromatic rings. The second-order valence-corrected chi connectivity index (χ2v) is 5.30. The number of aromatic nitrogens is 1. The fourth-order valence-corrected chi connectivity index (χ4v) is 2.31. The molecular weight excluding hydrogens is 306 g/mol. The standard InChI is InChI=1S/C17H23N5O2/c1-20-9-12(23)10-24-13-5-3-4-11(6-13)15-7-16(21-2)14(8-18)17(19)22-15/h3-8,12,18,20,23H,9-10H2,1-2H3,(H3,19,21,22). The number of nitrogens with one attached hydrogen (secondary N) is 3. The highest BCUT2D eigenvalue weighted by atomic mass is 16.5. The molecule has 6 N–H and O–H groups in total. The van der Waals surface area contributed by atoms with Crippen LogP contribution in [0.1, 0.15) is 5.56 Å². The topological polar surface area (TPSA) is 116 Å². The summed E-state index contributed by atoms with van der Waals surface area (Å²) in [5.41, 5.74) is 8.77. The van der Waals surface area contributed by atoms with Crippen molar-refractivity contribution in [1.29, 1.82) is 5.41 Å². The monoisotopic (exact) mass is 329 g/mol. The lowest BCUT2D eigenvalue weighted by Gasteiger charge is -2.13. The van der Waals surface area contributed by atoms with Gasteiger partial charge in [-0.1, -0.05) is 12.1 Å². The quantitative estimate of drug-likeness (QED) is 0.467. The summed E-state index contributed by atoms with van der Waals surface area (Å²) in [5.74, 6) is 0.938. The van der Waals surface area contributed by atoms with Crippen molar-refractivity contribution >= 4 is 17.7 Å². The van der Waals surface area contributed by atoms with E-state index in [1.807, 2.05) is 30.3 Å². The molecule has 1 atom stereocenters. The zero-order chi connectivity index (χ0) is 17.5. The van der Waals surface area contributed by atoms with Crippen molar-refractivity contribution in [2.24, 2.45) is 0 Å². The number of pyridine rings is 1. The number of rotatable bonds is 8. The van der Waals surface area contributed by atoms with E-state index in [9.17, 15) is 5.11 Å². The molecule has 128 valence electrons. The molecule has 0 radical (unpaired) electrons. The Kier molecular flexibility index (Phi) is 6.11. The van der Waals surface area contributed by atoms with Gasteiger partial charge in [-0.2, -0.15) is 0 Å². The summed E-state index contributed by atoms with van der Waals surface area (Å²) >= 11 is 0. The van der Waals surface area contributed by atoms with Crippen LogP contribution in [-0.4, -0.2) is 49.7 Å². The molecule has 0 aliphatic heterocycles. The van der Waals surface area contributed by atoms with Crippen molar-refractivity contribution in [3.63, 3.8) is 0 Å². The van der Waals surface area contributed by atoms with Gasteiger partial charge in [-0.25, -0.2) is 4.98 Å². The number of nitrogens with zero attached hydrogens (tertiary/aromatic N) is 1. The van der Waals surface area contributed by atoms with Gasteiger partial charge in [0, 0.05) is 31.1 Å². The van der Waals surface area contributed by atoms with Gasteiger partial charge < -0.3 is 31.6 Å². The van der Waals surface area contributed by atoms with Crippen LogP contribution in [0, 0.1) is 5.41 Å². The van der Waals surface area contributed by atoms with Crippen LogP contribution in [0.5, 0.6) is 5.75 Å². The van der Waals surface area contributed by atoms with E-state index < -0.39 is 6.10 Å². The zero-order valence-electron chi connectivity index (χ0n) is 13.8. The Morgan fingerprint density at radius 2 is 2.17 bits per heavy atom. The number of aliphatic hydroxyl groups excluding tert-OH is 1. The molecule has 24 heavy (non-hydrogen) atoms. The Hall–Kier alpha value is -2.64. The summed E-state index contributed by atoms with van der Waals surface area (Å²) in [6.45, 7) is 0.669. The highest BCUT2D eigenvalue weighted by Crippen LogP contribution is 2.28. The molecule has 0 saturated carbocycles. The first-order valence-corrected chi connectivity index (χ1v) is 7.63. The molecule has 0 spiro atoms. The molecular formula is C17H23N5O2. The maximum atomic E-state index is 9.71. The van der Waals surface area contributed by atoms with Crippen molar-refractivity contribution in [3.05, 3.63) is 35.9 Å². The number of nitrogen functional groups attached to an aromatic ring is 1. The van der Waals surface area contributed by atoms with E-state index in [2.05, 4.69) is 15.6 Å².